The van der Waals surface area contributed by atoms with Crippen molar-refractivity contribution in [2.45, 2.75) is 39.7 Å². The van der Waals surface area contributed by atoms with Gasteiger partial charge in [0.2, 0.25) is 0 Å². The van der Waals surface area contributed by atoms with Gasteiger partial charge in [0.15, 0.2) is 0 Å². The van der Waals surface area contributed by atoms with Crippen molar-refractivity contribution in [2.75, 3.05) is 11.9 Å². The van der Waals surface area contributed by atoms with Crippen molar-refractivity contribution in [3.05, 3.63) is 59.7 Å². The fourth-order valence-corrected chi connectivity index (χ4v) is 2.37. The number of rotatable bonds is 8. The SMILES string of the molecule is CCCCNC(=O)c1ccc(C(=O)Nc2ccccc2OC(C)C)cc1. The van der Waals surface area contributed by atoms with E-state index in [1.165, 1.54) is 0 Å². The summed E-state index contributed by atoms with van der Waals surface area (Å²) in [5.74, 6) is 0.256. The van der Waals surface area contributed by atoms with Crippen LogP contribution in [0.3, 0.4) is 0 Å². The van der Waals surface area contributed by atoms with Gasteiger partial charge in [-0.05, 0) is 56.7 Å². The van der Waals surface area contributed by atoms with Crippen molar-refractivity contribution in [3.63, 3.8) is 0 Å². The number of ether oxygens (including phenoxy) is 1. The Hall–Kier alpha value is -2.82. The first-order valence-corrected chi connectivity index (χ1v) is 8.96. The highest BCUT2D eigenvalue weighted by molar-refractivity contribution is 6.05. The molecular weight excluding hydrogens is 328 g/mol. The number of carbonyl (C=O) groups excluding carboxylic acids is 2. The average molecular weight is 354 g/mol. The van der Waals surface area contributed by atoms with Crippen molar-refractivity contribution >= 4 is 17.5 Å². The first-order valence-electron chi connectivity index (χ1n) is 8.96. The Kier molecular flexibility index (Phi) is 7.21. The van der Waals surface area contributed by atoms with Gasteiger partial charge in [0.05, 0.1) is 11.8 Å². The maximum absolute atomic E-state index is 12.5. The highest BCUT2D eigenvalue weighted by Crippen LogP contribution is 2.25. The van der Waals surface area contributed by atoms with Crippen LogP contribution in [0.15, 0.2) is 48.5 Å². The second-order valence-corrected chi connectivity index (χ2v) is 6.30. The van der Waals surface area contributed by atoms with Gasteiger partial charge < -0.3 is 15.4 Å². The van der Waals surface area contributed by atoms with Crippen LogP contribution in [-0.2, 0) is 0 Å². The van der Waals surface area contributed by atoms with Crippen LogP contribution in [0.25, 0.3) is 0 Å². The summed E-state index contributed by atoms with van der Waals surface area (Å²) in [6.07, 6.45) is 1.99. The molecule has 5 heteroatoms. The molecule has 0 spiro atoms. The number of amides is 2. The number of carbonyl (C=O) groups is 2. The molecule has 0 radical (unpaired) electrons. The van der Waals surface area contributed by atoms with Gasteiger partial charge in [-0.2, -0.15) is 0 Å². The van der Waals surface area contributed by atoms with Crippen LogP contribution < -0.4 is 15.4 Å². The van der Waals surface area contributed by atoms with Crippen molar-refractivity contribution in [1.29, 1.82) is 0 Å². The zero-order chi connectivity index (χ0) is 18.9. The highest BCUT2D eigenvalue weighted by Gasteiger charge is 2.12. The van der Waals surface area contributed by atoms with Crippen molar-refractivity contribution in [3.8, 4) is 5.75 Å². The molecule has 0 bridgehead atoms. The second kappa shape index (κ2) is 9.61. The first kappa shape index (κ1) is 19.5. The van der Waals surface area contributed by atoms with E-state index in [0.29, 0.717) is 29.1 Å². The van der Waals surface area contributed by atoms with Crippen LogP contribution in [0.1, 0.15) is 54.3 Å². The molecule has 0 aromatic heterocycles. The number of anilines is 1. The van der Waals surface area contributed by atoms with E-state index in [2.05, 4.69) is 17.6 Å². The fraction of sp³-hybridized carbons (Fsp3) is 0.333. The minimum absolute atomic E-state index is 0.0126. The monoisotopic (exact) mass is 354 g/mol. The molecule has 0 unspecified atom stereocenters. The zero-order valence-corrected chi connectivity index (χ0v) is 15.5. The molecule has 0 saturated carbocycles. The van der Waals surface area contributed by atoms with Gasteiger partial charge in [-0.25, -0.2) is 0 Å². The Balaban J connectivity index is 2.03. The third-order valence-electron chi connectivity index (χ3n) is 3.72. The molecule has 0 saturated heterocycles. The fourth-order valence-electron chi connectivity index (χ4n) is 2.37. The zero-order valence-electron chi connectivity index (χ0n) is 15.5. The third-order valence-corrected chi connectivity index (χ3v) is 3.72. The number of hydrogen-bond donors (Lipinski definition) is 2. The predicted octanol–water partition coefficient (Wildman–Crippen LogP) is 4.26. The summed E-state index contributed by atoms with van der Waals surface area (Å²) in [6.45, 7) is 6.60. The van der Waals surface area contributed by atoms with Crippen LogP contribution in [0.2, 0.25) is 0 Å². The molecule has 0 aliphatic heterocycles. The van der Waals surface area contributed by atoms with Gasteiger partial charge in [-0.1, -0.05) is 25.5 Å². The van der Waals surface area contributed by atoms with Crippen LogP contribution in [0.4, 0.5) is 5.69 Å². The van der Waals surface area contributed by atoms with E-state index in [1.54, 1.807) is 30.3 Å². The predicted molar refractivity (Wildman–Crippen MR) is 104 cm³/mol. The quantitative estimate of drug-likeness (QED) is 0.696. The highest BCUT2D eigenvalue weighted by atomic mass is 16.5. The molecule has 5 nitrogen and oxygen atoms in total. The normalized spacial score (nSPS) is 10.5. The largest absolute Gasteiger partial charge is 0.489 e. The molecule has 2 aromatic rings. The molecule has 2 aromatic carbocycles. The molecule has 0 atom stereocenters. The Morgan fingerprint density at radius 1 is 0.962 bits per heavy atom. The Morgan fingerprint density at radius 3 is 2.19 bits per heavy atom. The molecule has 26 heavy (non-hydrogen) atoms. The maximum Gasteiger partial charge on any atom is 0.255 e. The smallest absolute Gasteiger partial charge is 0.255 e. The van der Waals surface area contributed by atoms with Gasteiger partial charge in [-0.15, -0.1) is 0 Å². The van der Waals surface area contributed by atoms with Gasteiger partial charge in [0.25, 0.3) is 11.8 Å². The molecule has 2 N–H and O–H groups in total. The van der Waals surface area contributed by atoms with Gasteiger partial charge in [0, 0.05) is 17.7 Å². The van der Waals surface area contributed by atoms with Crippen LogP contribution in [0.5, 0.6) is 5.75 Å². The molecule has 2 amide bonds. The summed E-state index contributed by atoms with van der Waals surface area (Å²) in [4.78, 5) is 24.5. The van der Waals surface area contributed by atoms with E-state index in [-0.39, 0.29) is 17.9 Å². The lowest BCUT2D eigenvalue weighted by molar-refractivity contribution is 0.0951. The summed E-state index contributed by atoms with van der Waals surface area (Å²) in [5.41, 5.74) is 1.64. The Bertz CT molecular complexity index is 739. The maximum atomic E-state index is 12.5. The molecule has 0 aliphatic carbocycles. The van der Waals surface area contributed by atoms with Crippen molar-refractivity contribution < 1.29 is 14.3 Å². The van der Waals surface area contributed by atoms with E-state index in [4.69, 9.17) is 4.74 Å². The Labute approximate surface area is 154 Å². The van der Waals surface area contributed by atoms with E-state index in [0.717, 1.165) is 12.8 Å². The summed E-state index contributed by atoms with van der Waals surface area (Å²) in [7, 11) is 0. The molecule has 2 rings (SSSR count). The number of hydrogen-bond acceptors (Lipinski definition) is 3. The standard InChI is InChI=1S/C21H26N2O3/c1-4-5-14-22-20(24)16-10-12-17(13-11-16)21(25)23-18-8-6-7-9-19(18)26-15(2)3/h6-13,15H,4-5,14H2,1-3H3,(H,22,24)(H,23,25). The van der Waals surface area contributed by atoms with Gasteiger partial charge >= 0.3 is 0 Å². The molecule has 0 heterocycles. The average Bonchev–Trinajstić information content (AvgIpc) is 2.63. The summed E-state index contributed by atoms with van der Waals surface area (Å²) >= 11 is 0. The lowest BCUT2D eigenvalue weighted by Crippen LogP contribution is -2.24. The summed E-state index contributed by atoms with van der Waals surface area (Å²) in [5, 5.41) is 5.72. The van der Waals surface area contributed by atoms with Crippen LogP contribution >= 0.6 is 0 Å². The molecule has 0 fully saturated rings. The van der Waals surface area contributed by atoms with E-state index >= 15 is 0 Å². The van der Waals surface area contributed by atoms with Crippen molar-refractivity contribution in [1.82, 2.24) is 5.32 Å². The van der Waals surface area contributed by atoms with Crippen molar-refractivity contribution in [2.24, 2.45) is 0 Å². The molecular formula is C21H26N2O3. The Morgan fingerprint density at radius 2 is 1.58 bits per heavy atom. The van der Waals surface area contributed by atoms with Gasteiger partial charge in [0.1, 0.15) is 5.75 Å². The number of nitrogens with one attached hydrogen (secondary N) is 2. The minimum Gasteiger partial charge on any atom is -0.489 e. The topological polar surface area (TPSA) is 67.4 Å². The lowest BCUT2D eigenvalue weighted by Gasteiger charge is -2.14. The van der Waals surface area contributed by atoms with E-state index in [1.807, 2.05) is 32.0 Å². The first-order chi connectivity index (χ1) is 12.5. The van der Waals surface area contributed by atoms with Crippen LogP contribution in [-0.4, -0.2) is 24.5 Å². The van der Waals surface area contributed by atoms with Gasteiger partial charge in [-0.3, -0.25) is 9.59 Å². The number of para-hydroxylation sites is 2. The van der Waals surface area contributed by atoms with E-state index < -0.39 is 0 Å². The third kappa shape index (κ3) is 5.62. The minimum atomic E-state index is -0.247. The molecule has 0 aliphatic rings. The second-order valence-electron chi connectivity index (χ2n) is 6.30. The summed E-state index contributed by atoms with van der Waals surface area (Å²) < 4.78 is 5.71. The molecule has 138 valence electrons. The van der Waals surface area contributed by atoms with Crippen LogP contribution in [0, 0.1) is 0 Å². The van der Waals surface area contributed by atoms with E-state index in [9.17, 15) is 9.59 Å². The number of benzene rings is 2. The number of unbranched alkanes of at least 4 members (excludes halogenated alkanes) is 1. The lowest BCUT2D eigenvalue weighted by atomic mass is 10.1. The summed E-state index contributed by atoms with van der Waals surface area (Å²) in [6, 6.07) is 13.9.